The number of benzene rings is 4. The molecule has 0 radical (unpaired) electrons. The Morgan fingerprint density at radius 2 is 1.28 bits per heavy atom. The molecule has 4 atom stereocenters. The van der Waals surface area contributed by atoms with Crippen LogP contribution in [0.1, 0.15) is 39.8 Å². The SMILES string of the molecule is COc1cccc(/C(=C\c2cc(OC)c(OC)c(OC)c2)C(=O)O[C@H]2c3cc4c(cc3[C@@H](c3cc(OC)c(OC)c(OC)c3)[C@H]3C(=O)OC[C@@H]32)OCO4)c1. The Bertz CT molecular complexity index is 2070. The first-order valence-electron chi connectivity index (χ1n) is 17.0. The molecule has 7 rings (SSSR count). The highest BCUT2D eigenvalue weighted by Gasteiger charge is 2.54. The third-order valence-electron chi connectivity index (χ3n) is 10.00. The summed E-state index contributed by atoms with van der Waals surface area (Å²) in [7, 11) is 10.7. The Morgan fingerprint density at radius 3 is 1.85 bits per heavy atom. The van der Waals surface area contributed by atoms with Gasteiger partial charge in [-0.2, -0.15) is 0 Å². The zero-order valence-electron chi connectivity index (χ0n) is 30.9. The molecular weight excluding hydrogens is 700 g/mol. The molecule has 13 heteroatoms. The molecule has 282 valence electrons. The minimum Gasteiger partial charge on any atom is -0.497 e. The number of carbonyl (C=O) groups excluding carboxylic acids is 2. The lowest BCUT2D eigenvalue weighted by molar-refractivity contribution is -0.147. The first kappa shape index (κ1) is 36.1. The maximum Gasteiger partial charge on any atom is 0.339 e. The highest BCUT2D eigenvalue weighted by molar-refractivity contribution is 6.21. The molecule has 1 aliphatic carbocycles. The van der Waals surface area contributed by atoms with Gasteiger partial charge < -0.3 is 52.1 Å². The summed E-state index contributed by atoms with van der Waals surface area (Å²) < 4.78 is 63.0. The zero-order valence-corrected chi connectivity index (χ0v) is 30.9. The Morgan fingerprint density at radius 1 is 0.685 bits per heavy atom. The van der Waals surface area contributed by atoms with Crippen molar-refractivity contribution in [2.75, 3.05) is 63.2 Å². The average molecular weight is 741 g/mol. The molecule has 1 fully saturated rings. The number of hydrogen-bond acceptors (Lipinski definition) is 13. The monoisotopic (exact) mass is 740 g/mol. The molecule has 13 nitrogen and oxygen atoms in total. The number of ether oxygens (including phenoxy) is 11. The standard InChI is InChI=1S/C41H40O13/c1-44-24-10-8-9-22(14-24)25(11-21-12-31(45-2)38(49-6)32(13-21)46-3)40(42)54-37-27-18-30-29(52-20-53-30)17-26(27)35(36-28(37)19-51-41(36)43)23-15-33(47-4)39(50-7)34(16-23)48-5/h8-18,28,35-37H,19-20H2,1-7H3/b25-11+/t28-,35+,36-,37-/m0/s1. The van der Waals surface area contributed by atoms with Crippen LogP contribution >= 0.6 is 0 Å². The first-order chi connectivity index (χ1) is 26.3. The van der Waals surface area contributed by atoms with Gasteiger partial charge in [0.15, 0.2) is 34.5 Å². The van der Waals surface area contributed by atoms with Crippen LogP contribution in [0, 0.1) is 11.8 Å². The molecule has 0 amide bonds. The van der Waals surface area contributed by atoms with E-state index >= 15 is 0 Å². The Balaban J connectivity index is 1.38. The van der Waals surface area contributed by atoms with Crippen molar-refractivity contribution >= 4 is 23.6 Å². The van der Waals surface area contributed by atoms with E-state index in [1.54, 1.807) is 49.6 Å². The maximum absolute atomic E-state index is 14.7. The van der Waals surface area contributed by atoms with Gasteiger partial charge in [0.2, 0.25) is 18.3 Å². The lowest BCUT2D eigenvalue weighted by Gasteiger charge is -2.38. The van der Waals surface area contributed by atoms with E-state index in [1.165, 1.54) is 42.7 Å². The maximum atomic E-state index is 14.7. The summed E-state index contributed by atoms with van der Waals surface area (Å²) >= 11 is 0. The summed E-state index contributed by atoms with van der Waals surface area (Å²) in [5.41, 5.74) is 3.36. The number of cyclic esters (lactones) is 1. The van der Waals surface area contributed by atoms with E-state index < -0.39 is 35.8 Å². The van der Waals surface area contributed by atoms with E-state index in [1.807, 2.05) is 24.3 Å². The predicted molar refractivity (Wildman–Crippen MR) is 194 cm³/mol. The van der Waals surface area contributed by atoms with Crippen molar-refractivity contribution < 1.29 is 61.7 Å². The van der Waals surface area contributed by atoms with Crippen LogP contribution in [-0.4, -0.2) is 75.1 Å². The summed E-state index contributed by atoms with van der Waals surface area (Å²) in [6, 6.07) is 17.8. The Labute approximate surface area is 312 Å². The van der Waals surface area contributed by atoms with Crippen molar-refractivity contribution in [3.63, 3.8) is 0 Å². The number of methoxy groups -OCH3 is 7. The molecule has 4 aromatic carbocycles. The van der Waals surface area contributed by atoms with Crippen LogP contribution in [0.4, 0.5) is 0 Å². The molecular formula is C41H40O13. The van der Waals surface area contributed by atoms with Crippen molar-refractivity contribution in [1.29, 1.82) is 0 Å². The highest BCUT2D eigenvalue weighted by atomic mass is 16.7. The molecule has 3 aliphatic rings. The summed E-state index contributed by atoms with van der Waals surface area (Å²) in [5.74, 6) is 1.01. The van der Waals surface area contributed by atoms with Gasteiger partial charge in [-0.25, -0.2) is 4.79 Å². The minimum absolute atomic E-state index is 0.0152. The smallest absolute Gasteiger partial charge is 0.339 e. The summed E-state index contributed by atoms with van der Waals surface area (Å²) in [6.07, 6.45) is 0.753. The van der Waals surface area contributed by atoms with E-state index in [0.717, 1.165) is 0 Å². The normalized spacial score (nSPS) is 19.5. The third-order valence-corrected chi connectivity index (χ3v) is 10.00. The van der Waals surface area contributed by atoms with Crippen LogP contribution in [0.15, 0.2) is 60.7 Å². The third kappa shape index (κ3) is 6.29. The van der Waals surface area contributed by atoms with Crippen molar-refractivity contribution in [3.8, 4) is 51.7 Å². The van der Waals surface area contributed by atoms with Gasteiger partial charge in [0.25, 0.3) is 0 Å². The summed E-state index contributed by atoms with van der Waals surface area (Å²) in [4.78, 5) is 28.5. The van der Waals surface area contributed by atoms with Crippen LogP contribution < -0.4 is 42.6 Å². The predicted octanol–water partition coefficient (Wildman–Crippen LogP) is 6.24. The fourth-order valence-corrected chi connectivity index (χ4v) is 7.52. The molecule has 54 heavy (non-hydrogen) atoms. The largest absolute Gasteiger partial charge is 0.497 e. The number of hydrogen-bond donors (Lipinski definition) is 0. The van der Waals surface area contributed by atoms with Gasteiger partial charge in [-0.3, -0.25) is 4.79 Å². The molecule has 0 saturated carbocycles. The van der Waals surface area contributed by atoms with Gasteiger partial charge in [-0.1, -0.05) is 12.1 Å². The van der Waals surface area contributed by atoms with E-state index in [9.17, 15) is 9.59 Å². The Kier molecular flexibility index (Phi) is 10.0. The minimum atomic E-state index is -0.925. The molecule has 0 N–H and O–H groups in total. The van der Waals surface area contributed by atoms with Crippen LogP contribution in [0.2, 0.25) is 0 Å². The van der Waals surface area contributed by atoms with Gasteiger partial charge in [0, 0.05) is 17.4 Å². The van der Waals surface area contributed by atoms with Crippen LogP contribution in [0.3, 0.4) is 0 Å². The van der Waals surface area contributed by atoms with Gasteiger partial charge >= 0.3 is 11.9 Å². The number of rotatable bonds is 12. The van der Waals surface area contributed by atoms with Gasteiger partial charge in [0.05, 0.1) is 67.9 Å². The zero-order chi connectivity index (χ0) is 38.1. The summed E-state index contributed by atoms with van der Waals surface area (Å²) in [6.45, 7) is 0.0330. The lowest BCUT2D eigenvalue weighted by atomic mass is 9.66. The molecule has 1 saturated heterocycles. The number of fused-ring (bicyclic) bond motifs is 3. The van der Waals surface area contributed by atoms with Crippen molar-refractivity contribution in [1.82, 2.24) is 0 Å². The fourth-order valence-electron chi connectivity index (χ4n) is 7.52. The second-order valence-electron chi connectivity index (χ2n) is 12.7. The van der Waals surface area contributed by atoms with Crippen molar-refractivity contribution in [3.05, 3.63) is 88.5 Å². The second kappa shape index (κ2) is 15.0. The van der Waals surface area contributed by atoms with E-state index in [0.29, 0.717) is 79.6 Å². The van der Waals surface area contributed by atoms with Crippen molar-refractivity contribution in [2.24, 2.45) is 11.8 Å². The van der Waals surface area contributed by atoms with E-state index in [-0.39, 0.29) is 19.0 Å². The fraction of sp³-hybridized carbons (Fsp3) is 0.317. The van der Waals surface area contributed by atoms with Crippen LogP contribution in [0.25, 0.3) is 11.6 Å². The number of esters is 2. The van der Waals surface area contributed by atoms with E-state index in [4.69, 9.17) is 52.1 Å². The lowest BCUT2D eigenvalue weighted by Crippen LogP contribution is -2.36. The molecule has 2 heterocycles. The van der Waals surface area contributed by atoms with Crippen LogP contribution in [0.5, 0.6) is 51.7 Å². The van der Waals surface area contributed by atoms with Gasteiger partial charge in [0.1, 0.15) is 11.9 Å². The highest BCUT2D eigenvalue weighted by Crippen LogP contribution is 2.57. The average Bonchev–Trinajstić information content (AvgIpc) is 3.83. The molecule has 4 aromatic rings. The van der Waals surface area contributed by atoms with E-state index in [2.05, 4.69) is 0 Å². The number of carbonyl (C=O) groups is 2. The first-order valence-corrected chi connectivity index (χ1v) is 17.0. The van der Waals surface area contributed by atoms with Gasteiger partial charge in [-0.05, 0) is 76.9 Å². The van der Waals surface area contributed by atoms with Gasteiger partial charge in [-0.15, -0.1) is 0 Å². The molecule has 0 bridgehead atoms. The molecule has 0 aromatic heterocycles. The quantitative estimate of drug-likeness (QED) is 0.0923. The topological polar surface area (TPSA) is 136 Å². The molecule has 0 unspecified atom stereocenters. The molecule has 2 aliphatic heterocycles. The van der Waals surface area contributed by atoms with Crippen LogP contribution in [-0.2, 0) is 19.1 Å². The van der Waals surface area contributed by atoms with Crippen molar-refractivity contribution in [2.45, 2.75) is 12.0 Å². The molecule has 0 spiro atoms. The Hall–Kier alpha value is -6.24. The summed E-state index contributed by atoms with van der Waals surface area (Å²) in [5, 5.41) is 0. The second-order valence-corrected chi connectivity index (χ2v) is 12.7.